The number of halogens is 2. The smallest absolute Gasteiger partial charge is 0.317 e. The number of amides is 2. The summed E-state index contributed by atoms with van der Waals surface area (Å²) in [7, 11) is 3.96. The van der Waals surface area contributed by atoms with Gasteiger partial charge < -0.3 is 15.1 Å². The summed E-state index contributed by atoms with van der Waals surface area (Å²) in [5.74, 6) is 0.557. The first-order chi connectivity index (χ1) is 10.4. The number of nitrogens with one attached hydrogen (secondary N) is 1. The number of carbonyl (C=O) groups excluding carboxylic acids is 1. The van der Waals surface area contributed by atoms with Crippen molar-refractivity contribution in [1.82, 2.24) is 15.1 Å². The molecule has 2 rings (SSSR count). The second kappa shape index (κ2) is 7.53. The number of likely N-dealkylation sites (tertiary alicyclic amines) is 1. The second-order valence-corrected chi connectivity index (χ2v) is 6.96. The van der Waals surface area contributed by atoms with Crippen LogP contribution in [0.1, 0.15) is 24.9 Å². The monoisotopic (exact) mass is 343 g/mol. The number of urea groups is 1. The lowest BCUT2D eigenvalue weighted by molar-refractivity contribution is 0.197. The van der Waals surface area contributed by atoms with Crippen molar-refractivity contribution in [2.45, 2.75) is 19.4 Å². The molecule has 0 bridgehead atoms. The maximum atomic E-state index is 12.3. The average molecular weight is 344 g/mol. The van der Waals surface area contributed by atoms with Crippen LogP contribution in [0.4, 0.5) is 4.79 Å². The van der Waals surface area contributed by atoms with Gasteiger partial charge in [-0.2, -0.15) is 0 Å². The van der Waals surface area contributed by atoms with Crippen molar-refractivity contribution in [3.8, 4) is 0 Å². The van der Waals surface area contributed by atoms with Crippen LogP contribution in [-0.2, 0) is 0 Å². The Kier molecular flexibility index (Phi) is 5.95. The Bertz CT molecular complexity index is 538. The number of rotatable bonds is 4. The van der Waals surface area contributed by atoms with E-state index in [1.165, 1.54) is 0 Å². The van der Waals surface area contributed by atoms with Crippen molar-refractivity contribution in [3.63, 3.8) is 0 Å². The highest BCUT2D eigenvalue weighted by Crippen LogP contribution is 2.25. The average Bonchev–Trinajstić information content (AvgIpc) is 2.86. The van der Waals surface area contributed by atoms with Gasteiger partial charge in [0.05, 0.1) is 16.1 Å². The Morgan fingerprint density at radius 1 is 1.45 bits per heavy atom. The highest BCUT2D eigenvalue weighted by Gasteiger charge is 2.23. The SMILES string of the molecule is C[C@@H](NC(=O)N(C)C[C@H]1CCN(C)C1)c1ccc(Cl)c(Cl)c1. The Hall–Kier alpha value is -0.970. The molecule has 4 nitrogen and oxygen atoms in total. The van der Waals surface area contributed by atoms with Crippen LogP contribution in [0.5, 0.6) is 0 Å². The minimum atomic E-state index is -0.115. The molecule has 1 aromatic rings. The first-order valence-corrected chi connectivity index (χ1v) is 8.27. The van der Waals surface area contributed by atoms with E-state index in [9.17, 15) is 4.79 Å². The highest BCUT2D eigenvalue weighted by atomic mass is 35.5. The number of hydrogen-bond donors (Lipinski definition) is 1. The van der Waals surface area contributed by atoms with Crippen LogP contribution in [0.15, 0.2) is 18.2 Å². The van der Waals surface area contributed by atoms with Gasteiger partial charge in [-0.15, -0.1) is 0 Å². The van der Waals surface area contributed by atoms with Crippen LogP contribution in [-0.4, -0.2) is 49.6 Å². The van der Waals surface area contributed by atoms with Gasteiger partial charge in [-0.05, 0) is 50.6 Å². The molecule has 22 heavy (non-hydrogen) atoms. The summed E-state index contributed by atoms with van der Waals surface area (Å²) in [6.07, 6.45) is 1.15. The van der Waals surface area contributed by atoms with E-state index >= 15 is 0 Å². The molecule has 1 fully saturated rings. The topological polar surface area (TPSA) is 35.6 Å². The van der Waals surface area contributed by atoms with Gasteiger partial charge in [0.1, 0.15) is 0 Å². The minimum Gasteiger partial charge on any atom is -0.331 e. The van der Waals surface area contributed by atoms with Gasteiger partial charge in [0.25, 0.3) is 0 Å². The van der Waals surface area contributed by atoms with Crippen molar-refractivity contribution >= 4 is 29.2 Å². The Labute approximate surface area is 142 Å². The third kappa shape index (κ3) is 4.51. The van der Waals surface area contributed by atoms with E-state index in [1.807, 2.05) is 20.0 Å². The predicted molar refractivity (Wildman–Crippen MR) is 91.6 cm³/mol. The summed E-state index contributed by atoms with van der Waals surface area (Å²) in [5.41, 5.74) is 0.941. The molecule has 1 saturated heterocycles. The minimum absolute atomic E-state index is 0.0619. The molecule has 1 heterocycles. The van der Waals surface area contributed by atoms with Gasteiger partial charge >= 0.3 is 6.03 Å². The fraction of sp³-hybridized carbons (Fsp3) is 0.562. The second-order valence-electron chi connectivity index (χ2n) is 6.14. The normalized spacial score (nSPS) is 20.0. The van der Waals surface area contributed by atoms with E-state index in [0.717, 1.165) is 31.6 Å². The first-order valence-electron chi connectivity index (χ1n) is 7.52. The molecular formula is C16H23Cl2N3O. The van der Waals surface area contributed by atoms with E-state index < -0.39 is 0 Å². The van der Waals surface area contributed by atoms with Crippen LogP contribution < -0.4 is 5.32 Å². The van der Waals surface area contributed by atoms with E-state index in [1.54, 1.807) is 17.0 Å². The Morgan fingerprint density at radius 3 is 2.77 bits per heavy atom. The van der Waals surface area contributed by atoms with Crippen molar-refractivity contribution in [1.29, 1.82) is 0 Å². The molecule has 0 aliphatic carbocycles. The van der Waals surface area contributed by atoms with Crippen LogP contribution in [0.3, 0.4) is 0 Å². The summed E-state index contributed by atoms with van der Waals surface area (Å²) >= 11 is 11.9. The molecule has 122 valence electrons. The van der Waals surface area contributed by atoms with Gasteiger partial charge in [-0.1, -0.05) is 29.3 Å². The lowest BCUT2D eigenvalue weighted by Crippen LogP contribution is -2.41. The fourth-order valence-corrected chi connectivity index (χ4v) is 3.11. The molecule has 0 radical (unpaired) electrons. The molecule has 0 aromatic heterocycles. The zero-order valence-corrected chi connectivity index (χ0v) is 14.8. The largest absolute Gasteiger partial charge is 0.331 e. The molecule has 6 heteroatoms. The molecule has 1 aromatic carbocycles. The predicted octanol–water partition coefficient (Wildman–Crippen LogP) is 3.65. The van der Waals surface area contributed by atoms with Crippen LogP contribution in [0, 0.1) is 5.92 Å². The van der Waals surface area contributed by atoms with E-state index in [2.05, 4.69) is 17.3 Å². The molecule has 1 aliphatic heterocycles. The Morgan fingerprint density at radius 2 is 2.18 bits per heavy atom. The zero-order valence-electron chi connectivity index (χ0n) is 13.3. The molecule has 0 saturated carbocycles. The number of benzene rings is 1. The van der Waals surface area contributed by atoms with E-state index in [-0.39, 0.29) is 12.1 Å². The highest BCUT2D eigenvalue weighted by molar-refractivity contribution is 6.42. The third-order valence-corrected chi connectivity index (χ3v) is 4.89. The van der Waals surface area contributed by atoms with Crippen molar-refractivity contribution in [2.24, 2.45) is 5.92 Å². The maximum absolute atomic E-state index is 12.3. The molecule has 1 N–H and O–H groups in total. The van der Waals surface area contributed by atoms with Crippen molar-refractivity contribution < 1.29 is 4.79 Å². The quantitative estimate of drug-likeness (QED) is 0.905. The number of nitrogens with zero attached hydrogens (tertiary/aromatic N) is 2. The van der Waals surface area contributed by atoms with Crippen LogP contribution >= 0.6 is 23.2 Å². The summed E-state index contributed by atoms with van der Waals surface area (Å²) in [6.45, 7) is 4.89. The van der Waals surface area contributed by atoms with Gasteiger partial charge in [0.15, 0.2) is 0 Å². The number of hydrogen-bond acceptors (Lipinski definition) is 2. The molecule has 0 unspecified atom stereocenters. The van der Waals surface area contributed by atoms with Crippen LogP contribution in [0.25, 0.3) is 0 Å². The third-order valence-electron chi connectivity index (χ3n) is 4.15. The van der Waals surface area contributed by atoms with Crippen molar-refractivity contribution in [2.75, 3.05) is 33.7 Å². The molecule has 2 atom stereocenters. The van der Waals surface area contributed by atoms with E-state index in [0.29, 0.717) is 16.0 Å². The molecule has 2 amide bonds. The first kappa shape index (κ1) is 17.4. The maximum Gasteiger partial charge on any atom is 0.317 e. The van der Waals surface area contributed by atoms with Gasteiger partial charge in [-0.25, -0.2) is 4.79 Å². The summed E-state index contributed by atoms with van der Waals surface area (Å²) in [5, 5.41) is 4.02. The lowest BCUT2D eigenvalue weighted by Gasteiger charge is -2.24. The van der Waals surface area contributed by atoms with Crippen molar-refractivity contribution in [3.05, 3.63) is 33.8 Å². The standard InChI is InChI=1S/C16H23Cl2N3O/c1-11(13-4-5-14(17)15(18)8-13)19-16(22)21(3)10-12-6-7-20(2)9-12/h4-5,8,11-12H,6-7,9-10H2,1-3H3,(H,19,22)/t11-,12+/m1/s1. The molecular weight excluding hydrogens is 321 g/mol. The van der Waals surface area contributed by atoms with Crippen LogP contribution in [0.2, 0.25) is 10.0 Å². The fourth-order valence-electron chi connectivity index (χ4n) is 2.81. The van der Waals surface area contributed by atoms with E-state index in [4.69, 9.17) is 23.2 Å². The lowest BCUT2D eigenvalue weighted by atomic mass is 10.1. The summed E-state index contributed by atoms with van der Waals surface area (Å²) < 4.78 is 0. The molecule has 1 aliphatic rings. The Balaban J connectivity index is 1.88. The molecule has 0 spiro atoms. The van der Waals surface area contributed by atoms with Gasteiger partial charge in [0.2, 0.25) is 0 Å². The summed E-state index contributed by atoms with van der Waals surface area (Å²) in [4.78, 5) is 16.4. The van der Waals surface area contributed by atoms with Gasteiger partial charge in [-0.3, -0.25) is 0 Å². The number of carbonyl (C=O) groups is 1. The summed E-state index contributed by atoms with van der Waals surface area (Å²) in [6, 6.07) is 5.25. The zero-order chi connectivity index (χ0) is 16.3. The van der Waals surface area contributed by atoms with Gasteiger partial charge in [0, 0.05) is 20.1 Å².